The highest BCUT2D eigenvalue weighted by Gasteiger charge is 2.37. The lowest BCUT2D eigenvalue weighted by Gasteiger charge is -2.30. The van der Waals surface area contributed by atoms with Crippen molar-refractivity contribution in [1.29, 1.82) is 0 Å². The molecule has 214 valence electrons. The second kappa shape index (κ2) is 10.8. The molecule has 0 saturated carbocycles. The van der Waals surface area contributed by atoms with Crippen molar-refractivity contribution in [3.63, 3.8) is 0 Å². The molecule has 6 rings (SSSR count). The summed E-state index contributed by atoms with van der Waals surface area (Å²) >= 11 is 0. The summed E-state index contributed by atoms with van der Waals surface area (Å²) in [5.74, 6) is -0.112. The minimum atomic E-state index is -4.69. The molecule has 1 saturated heterocycles. The number of hydrogen-bond acceptors (Lipinski definition) is 8. The number of H-pyrrole nitrogens is 1. The Bertz CT molecular complexity index is 1570. The summed E-state index contributed by atoms with van der Waals surface area (Å²) < 4.78 is 47.3. The van der Waals surface area contributed by atoms with Gasteiger partial charge < -0.3 is 30.2 Å². The predicted molar refractivity (Wildman–Crippen MR) is 145 cm³/mol. The smallest absolute Gasteiger partial charge is 0.421 e. The number of hydrogen-bond donors (Lipinski definition) is 3. The molecule has 6 heterocycles. The van der Waals surface area contributed by atoms with E-state index in [1.165, 1.54) is 11.1 Å². The van der Waals surface area contributed by atoms with Gasteiger partial charge in [-0.15, -0.1) is 0 Å². The molecule has 0 aromatic carbocycles. The average molecular weight is 568 g/mol. The number of rotatable bonds is 5. The monoisotopic (exact) mass is 567 g/mol. The summed E-state index contributed by atoms with van der Waals surface area (Å²) in [4.78, 5) is 36.9. The van der Waals surface area contributed by atoms with Gasteiger partial charge in [-0.25, -0.2) is 24.7 Å². The van der Waals surface area contributed by atoms with Crippen molar-refractivity contribution in [2.45, 2.75) is 38.1 Å². The predicted octanol–water partition coefficient (Wildman–Crippen LogP) is 4.57. The van der Waals surface area contributed by atoms with Crippen molar-refractivity contribution in [3.8, 4) is 5.88 Å². The summed E-state index contributed by atoms with van der Waals surface area (Å²) in [5.41, 5.74) is 1.96. The molecule has 1 fully saturated rings. The van der Waals surface area contributed by atoms with E-state index in [1.807, 2.05) is 19.2 Å². The lowest BCUT2D eigenvalue weighted by molar-refractivity contribution is -0.139. The van der Waals surface area contributed by atoms with Crippen molar-refractivity contribution >= 4 is 34.4 Å². The van der Waals surface area contributed by atoms with Gasteiger partial charge in [-0.3, -0.25) is 0 Å². The molecule has 2 aliphatic heterocycles. The first-order chi connectivity index (χ1) is 19.7. The number of likely N-dealkylation sites (tertiary alicyclic amines) is 1. The normalized spacial score (nSPS) is 16.4. The fraction of sp³-hybridized carbons (Fsp3) is 0.370. The molecule has 41 heavy (non-hydrogen) atoms. The van der Waals surface area contributed by atoms with Crippen molar-refractivity contribution in [3.05, 3.63) is 59.8 Å². The third kappa shape index (κ3) is 5.87. The molecule has 0 atom stereocenters. The van der Waals surface area contributed by atoms with Crippen LogP contribution in [0.15, 0.2) is 43.0 Å². The number of fused-ring (bicyclic) bond motifs is 2. The number of carbonyl (C=O) groups excluding carboxylic acids is 1. The second-order valence-corrected chi connectivity index (χ2v) is 10.2. The molecule has 3 N–H and O–H groups in total. The van der Waals surface area contributed by atoms with Gasteiger partial charge in [0.1, 0.15) is 17.3 Å². The van der Waals surface area contributed by atoms with Crippen LogP contribution in [-0.4, -0.2) is 73.5 Å². The molecule has 2 amide bonds. The number of halogens is 3. The Morgan fingerprint density at radius 3 is 2.76 bits per heavy atom. The molecule has 4 aromatic heterocycles. The Morgan fingerprint density at radius 1 is 1.12 bits per heavy atom. The zero-order valence-electron chi connectivity index (χ0n) is 22.2. The average Bonchev–Trinajstić information content (AvgIpc) is 3.44. The summed E-state index contributed by atoms with van der Waals surface area (Å²) in [6, 6.07) is 4.02. The van der Waals surface area contributed by atoms with Crippen LogP contribution in [0.25, 0.3) is 11.0 Å². The number of urea groups is 1. The summed E-state index contributed by atoms with van der Waals surface area (Å²) in [7, 11) is 1.96. The van der Waals surface area contributed by atoms with Gasteiger partial charge in [0.25, 0.3) is 0 Å². The molecule has 2 aliphatic rings. The SMILES string of the molecule is CN1CCC(Oc2ncc(NC(=O)N3CCc4cnc(Nc5ccnc6[nH]ccc56)nc4C3)cc2C(F)(F)F)CC1. The number of carbonyl (C=O) groups is 1. The Kier molecular flexibility index (Phi) is 7.07. The maximum absolute atomic E-state index is 13.9. The molecule has 4 aromatic rings. The van der Waals surface area contributed by atoms with Gasteiger partial charge in [-0.05, 0) is 50.1 Å². The largest absolute Gasteiger partial charge is 0.474 e. The van der Waals surface area contributed by atoms with E-state index in [9.17, 15) is 18.0 Å². The number of nitrogens with one attached hydrogen (secondary N) is 3. The van der Waals surface area contributed by atoms with E-state index in [2.05, 4.69) is 40.5 Å². The van der Waals surface area contributed by atoms with Gasteiger partial charge in [-0.2, -0.15) is 13.2 Å². The van der Waals surface area contributed by atoms with Gasteiger partial charge in [-0.1, -0.05) is 0 Å². The van der Waals surface area contributed by atoms with Crippen molar-refractivity contribution in [2.75, 3.05) is 37.3 Å². The van der Waals surface area contributed by atoms with Crippen LogP contribution in [0.1, 0.15) is 29.7 Å². The van der Waals surface area contributed by atoms with Crippen molar-refractivity contribution in [1.82, 2.24) is 34.7 Å². The van der Waals surface area contributed by atoms with Gasteiger partial charge in [0.05, 0.1) is 29.8 Å². The second-order valence-electron chi connectivity index (χ2n) is 10.2. The molecule has 0 spiro atoms. The zero-order chi connectivity index (χ0) is 28.6. The minimum Gasteiger partial charge on any atom is -0.474 e. The van der Waals surface area contributed by atoms with Crippen LogP contribution in [0.4, 0.5) is 35.3 Å². The van der Waals surface area contributed by atoms with E-state index in [4.69, 9.17) is 4.74 Å². The summed E-state index contributed by atoms with van der Waals surface area (Å²) in [5, 5.41) is 6.63. The molecule has 11 nitrogen and oxygen atoms in total. The number of ether oxygens (including phenoxy) is 1. The standard InChI is InChI=1S/C27H28F3N9O2/c1-38-9-5-18(6-10-38)41-24-20(27(28,29)30)12-17(14-33-24)35-26(40)39-11-4-16-13-34-25(37-22(16)15-39)36-21-3-8-32-23-19(21)2-7-31-23/h2-3,7-8,12-14,18H,4-6,9-11,15H2,1H3,(H,35,40)(H2,31,32,34,36,37). The van der Waals surface area contributed by atoms with Crippen LogP contribution >= 0.6 is 0 Å². The molecule has 0 radical (unpaired) electrons. The molecule has 0 aliphatic carbocycles. The van der Waals surface area contributed by atoms with Crippen LogP contribution in [-0.2, 0) is 19.1 Å². The van der Waals surface area contributed by atoms with Gasteiger partial charge in [0, 0.05) is 43.6 Å². The van der Waals surface area contributed by atoms with Crippen LogP contribution < -0.4 is 15.4 Å². The third-order valence-corrected chi connectivity index (χ3v) is 7.29. The number of aromatic nitrogens is 5. The number of amides is 2. The van der Waals surface area contributed by atoms with Crippen LogP contribution in [0.2, 0.25) is 0 Å². The Morgan fingerprint density at radius 2 is 1.95 bits per heavy atom. The first kappa shape index (κ1) is 26.7. The lowest BCUT2D eigenvalue weighted by Crippen LogP contribution is -2.39. The molecular formula is C27H28F3N9O2. The van der Waals surface area contributed by atoms with E-state index in [0.29, 0.717) is 37.4 Å². The highest BCUT2D eigenvalue weighted by atomic mass is 19.4. The number of alkyl halides is 3. The number of pyridine rings is 2. The number of nitrogens with zero attached hydrogens (tertiary/aromatic N) is 6. The maximum atomic E-state index is 13.9. The first-order valence-corrected chi connectivity index (χ1v) is 13.3. The highest BCUT2D eigenvalue weighted by molar-refractivity contribution is 5.91. The highest BCUT2D eigenvalue weighted by Crippen LogP contribution is 2.37. The van der Waals surface area contributed by atoms with Gasteiger partial charge in [0.2, 0.25) is 11.8 Å². The number of aromatic amines is 1. The minimum absolute atomic E-state index is 0.0675. The van der Waals surface area contributed by atoms with Crippen LogP contribution in [0.3, 0.4) is 0 Å². The fourth-order valence-electron chi connectivity index (χ4n) is 5.01. The quantitative estimate of drug-likeness (QED) is 0.320. The van der Waals surface area contributed by atoms with Gasteiger partial charge >= 0.3 is 12.2 Å². The Hall–Kier alpha value is -4.46. The molecular weight excluding hydrogens is 539 g/mol. The number of piperidine rings is 1. The maximum Gasteiger partial charge on any atom is 0.421 e. The van der Waals surface area contributed by atoms with Gasteiger partial charge in [0.15, 0.2) is 0 Å². The summed E-state index contributed by atoms with van der Waals surface area (Å²) in [6.07, 6.45) is 3.06. The summed E-state index contributed by atoms with van der Waals surface area (Å²) in [6.45, 7) is 2.01. The Balaban J connectivity index is 1.14. The van der Waals surface area contributed by atoms with E-state index in [0.717, 1.165) is 41.4 Å². The van der Waals surface area contributed by atoms with E-state index < -0.39 is 23.7 Å². The van der Waals surface area contributed by atoms with Crippen molar-refractivity contribution < 1.29 is 22.7 Å². The third-order valence-electron chi connectivity index (χ3n) is 7.29. The van der Waals surface area contributed by atoms with Crippen LogP contribution in [0, 0.1) is 0 Å². The topological polar surface area (TPSA) is 124 Å². The molecule has 14 heteroatoms. The number of anilines is 3. The van der Waals surface area contributed by atoms with Crippen molar-refractivity contribution in [2.24, 2.45) is 0 Å². The Labute approximate surface area is 233 Å². The molecule has 0 unspecified atom stereocenters. The van der Waals surface area contributed by atoms with E-state index in [-0.39, 0.29) is 18.3 Å². The lowest BCUT2D eigenvalue weighted by atomic mass is 10.1. The van der Waals surface area contributed by atoms with E-state index >= 15 is 0 Å². The fourth-order valence-corrected chi connectivity index (χ4v) is 5.01. The van der Waals surface area contributed by atoms with E-state index in [1.54, 1.807) is 18.6 Å². The zero-order valence-corrected chi connectivity index (χ0v) is 22.2. The first-order valence-electron chi connectivity index (χ1n) is 13.3. The van der Waals surface area contributed by atoms with Crippen LogP contribution in [0.5, 0.6) is 5.88 Å². The molecule has 0 bridgehead atoms.